The zero-order valence-electron chi connectivity index (χ0n) is 21.6. The fraction of sp³-hybridized carbons (Fsp3) is 0.600. The van der Waals surface area contributed by atoms with Crippen LogP contribution < -0.4 is 0 Å². The second-order valence-electron chi connectivity index (χ2n) is 10.8. The standard InChI is InChI=1S/C30H40O6/c1-20-12-13-33-25(16-20)10-11-28-29-19-27(35-28)18-23(31)15-21(2)14-22(3)17-26-8-4-6-24(34-26)7-5-9-30(32)36-29/h4-6,9-12,22,24-29H,2,7-8,13-19H2,1,3H3. The fourth-order valence-corrected chi connectivity index (χ4v) is 5.51. The Morgan fingerprint density at radius 2 is 1.86 bits per heavy atom. The van der Waals surface area contributed by atoms with Gasteiger partial charge in [-0.05, 0) is 44.9 Å². The first-order chi connectivity index (χ1) is 17.3. The van der Waals surface area contributed by atoms with E-state index in [-0.39, 0.29) is 30.2 Å². The molecule has 6 heteroatoms. The molecular formula is C30H40O6. The van der Waals surface area contributed by atoms with Crippen molar-refractivity contribution in [3.63, 3.8) is 0 Å². The first-order valence-corrected chi connectivity index (χ1v) is 13.3. The maximum atomic E-state index is 12.8. The van der Waals surface area contributed by atoms with Crippen LogP contribution in [0.1, 0.15) is 65.2 Å². The number of esters is 1. The molecule has 4 aliphatic heterocycles. The van der Waals surface area contributed by atoms with Gasteiger partial charge in [-0.15, -0.1) is 0 Å². The van der Waals surface area contributed by atoms with Crippen molar-refractivity contribution in [2.45, 2.75) is 102 Å². The molecule has 0 saturated carbocycles. The van der Waals surface area contributed by atoms with E-state index in [9.17, 15) is 9.59 Å². The van der Waals surface area contributed by atoms with Crippen molar-refractivity contribution in [1.82, 2.24) is 0 Å². The predicted molar refractivity (Wildman–Crippen MR) is 138 cm³/mol. The van der Waals surface area contributed by atoms with E-state index < -0.39 is 18.2 Å². The molecule has 7 atom stereocenters. The lowest BCUT2D eigenvalue weighted by atomic mass is 9.91. The molecule has 0 N–H and O–H groups in total. The third-order valence-corrected chi connectivity index (χ3v) is 7.20. The fourth-order valence-electron chi connectivity index (χ4n) is 5.51. The molecule has 7 unspecified atom stereocenters. The summed E-state index contributed by atoms with van der Waals surface area (Å²) >= 11 is 0. The van der Waals surface area contributed by atoms with Crippen LogP contribution in [0, 0.1) is 5.92 Å². The number of ketones is 1. The van der Waals surface area contributed by atoms with E-state index in [1.165, 1.54) is 11.6 Å². The molecular weight excluding hydrogens is 456 g/mol. The number of ether oxygens (including phenoxy) is 4. The molecule has 4 rings (SSSR count). The van der Waals surface area contributed by atoms with Gasteiger partial charge >= 0.3 is 5.97 Å². The monoisotopic (exact) mass is 496 g/mol. The summed E-state index contributed by atoms with van der Waals surface area (Å²) in [5.74, 6) is 0.0938. The first-order valence-electron chi connectivity index (χ1n) is 13.3. The summed E-state index contributed by atoms with van der Waals surface area (Å²) in [6, 6.07) is 0. The number of carbonyl (C=O) groups excluding carboxylic acids is 2. The van der Waals surface area contributed by atoms with Gasteiger partial charge in [-0.3, -0.25) is 4.79 Å². The lowest BCUT2D eigenvalue weighted by molar-refractivity contribution is -0.144. The smallest absolute Gasteiger partial charge is 0.330 e. The Kier molecular flexibility index (Phi) is 9.52. The van der Waals surface area contributed by atoms with Crippen LogP contribution in [0.25, 0.3) is 0 Å². The molecule has 0 aliphatic carbocycles. The molecule has 6 nitrogen and oxygen atoms in total. The van der Waals surface area contributed by atoms with Crippen LogP contribution in [-0.4, -0.2) is 55.0 Å². The van der Waals surface area contributed by atoms with Gasteiger partial charge in [-0.25, -0.2) is 4.79 Å². The Morgan fingerprint density at radius 1 is 1.00 bits per heavy atom. The largest absolute Gasteiger partial charge is 0.456 e. The highest BCUT2D eigenvalue weighted by Crippen LogP contribution is 2.30. The van der Waals surface area contributed by atoms with Crippen molar-refractivity contribution in [1.29, 1.82) is 0 Å². The summed E-state index contributed by atoms with van der Waals surface area (Å²) < 4.78 is 24.0. The van der Waals surface area contributed by atoms with Crippen molar-refractivity contribution in [3.8, 4) is 0 Å². The minimum atomic E-state index is -0.450. The summed E-state index contributed by atoms with van der Waals surface area (Å²) in [7, 11) is 0. The molecule has 1 saturated heterocycles. The second kappa shape index (κ2) is 12.8. The van der Waals surface area contributed by atoms with Crippen LogP contribution in [0.4, 0.5) is 0 Å². The van der Waals surface area contributed by atoms with Crippen molar-refractivity contribution in [2.75, 3.05) is 6.61 Å². The molecule has 4 bridgehead atoms. The Labute approximate surface area is 215 Å². The van der Waals surface area contributed by atoms with Gasteiger partial charge in [0.25, 0.3) is 0 Å². The maximum Gasteiger partial charge on any atom is 0.330 e. The molecule has 0 spiro atoms. The van der Waals surface area contributed by atoms with Gasteiger partial charge < -0.3 is 18.9 Å². The zero-order valence-corrected chi connectivity index (χ0v) is 21.6. The van der Waals surface area contributed by atoms with Gasteiger partial charge in [0.15, 0.2) is 0 Å². The molecule has 4 aliphatic rings. The minimum absolute atomic E-state index is 0.0253. The summed E-state index contributed by atoms with van der Waals surface area (Å²) in [4.78, 5) is 25.5. The Bertz CT molecular complexity index is 928. The number of allylic oxidation sites excluding steroid dienone is 1. The molecule has 0 radical (unpaired) electrons. The average Bonchev–Trinajstić information content (AvgIpc) is 3.17. The SMILES string of the molecule is C=C1CC(=O)CC2CC(OC(=O)C=CCC3C=CCC(CC(C)C1)O3)C(C=CC1CC(C)=CCO1)O2. The van der Waals surface area contributed by atoms with Crippen LogP contribution in [-0.2, 0) is 28.5 Å². The predicted octanol–water partition coefficient (Wildman–Crippen LogP) is 5.34. The summed E-state index contributed by atoms with van der Waals surface area (Å²) in [5, 5.41) is 0. The summed E-state index contributed by atoms with van der Waals surface area (Å²) in [6.45, 7) is 9.05. The van der Waals surface area contributed by atoms with E-state index in [0.29, 0.717) is 38.2 Å². The minimum Gasteiger partial charge on any atom is -0.456 e. The number of fused-ring (bicyclic) bond motifs is 4. The second-order valence-corrected chi connectivity index (χ2v) is 10.8. The summed E-state index contributed by atoms with van der Waals surface area (Å²) in [5.41, 5.74) is 2.25. The number of hydrogen-bond acceptors (Lipinski definition) is 6. The van der Waals surface area contributed by atoms with Crippen molar-refractivity contribution < 1.29 is 28.5 Å². The van der Waals surface area contributed by atoms with Gasteiger partial charge in [0, 0.05) is 25.3 Å². The number of carbonyl (C=O) groups is 2. The molecule has 0 aromatic heterocycles. The Hall–Kier alpha value is -2.28. The molecule has 36 heavy (non-hydrogen) atoms. The van der Waals surface area contributed by atoms with E-state index >= 15 is 0 Å². The topological polar surface area (TPSA) is 71.1 Å². The van der Waals surface area contributed by atoms with E-state index in [1.807, 2.05) is 18.2 Å². The molecule has 196 valence electrons. The van der Waals surface area contributed by atoms with Gasteiger partial charge in [0.1, 0.15) is 18.0 Å². The highest BCUT2D eigenvalue weighted by molar-refractivity contribution is 5.82. The van der Waals surface area contributed by atoms with Crippen molar-refractivity contribution in [3.05, 3.63) is 60.3 Å². The van der Waals surface area contributed by atoms with Crippen molar-refractivity contribution in [2.24, 2.45) is 5.92 Å². The van der Waals surface area contributed by atoms with E-state index in [1.54, 1.807) is 0 Å². The van der Waals surface area contributed by atoms with Crippen LogP contribution in [0.3, 0.4) is 0 Å². The van der Waals surface area contributed by atoms with E-state index in [0.717, 1.165) is 31.3 Å². The number of hydrogen-bond donors (Lipinski definition) is 0. The van der Waals surface area contributed by atoms with Crippen LogP contribution >= 0.6 is 0 Å². The van der Waals surface area contributed by atoms with Crippen molar-refractivity contribution >= 4 is 11.8 Å². The quantitative estimate of drug-likeness (QED) is 0.380. The lowest BCUT2D eigenvalue weighted by Gasteiger charge is -2.28. The molecule has 0 aromatic carbocycles. The highest BCUT2D eigenvalue weighted by atomic mass is 16.6. The van der Waals surface area contributed by atoms with E-state index in [4.69, 9.17) is 18.9 Å². The third kappa shape index (κ3) is 8.12. The van der Waals surface area contributed by atoms with Crippen LogP contribution in [0.2, 0.25) is 0 Å². The first kappa shape index (κ1) is 26.8. The van der Waals surface area contributed by atoms with Gasteiger partial charge in [-0.1, -0.05) is 61.1 Å². The molecule has 0 aromatic rings. The normalized spacial score (nSPS) is 36.9. The number of Topliss-reactive ketones (excluding diaryl/α,β-unsaturated/α-hetero) is 1. The van der Waals surface area contributed by atoms with E-state index in [2.05, 4.69) is 38.7 Å². The third-order valence-electron chi connectivity index (χ3n) is 7.20. The lowest BCUT2D eigenvalue weighted by Crippen LogP contribution is -2.26. The highest BCUT2D eigenvalue weighted by Gasteiger charge is 2.37. The Balaban J connectivity index is 1.46. The molecule has 0 amide bonds. The molecule has 4 heterocycles. The average molecular weight is 497 g/mol. The number of rotatable bonds is 2. The maximum absolute atomic E-state index is 12.8. The van der Waals surface area contributed by atoms with Crippen LogP contribution in [0.5, 0.6) is 0 Å². The molecule has 1 fully saturated rings. The van der Waals surface area contributed by atoms with Gasteiger partial charge in [0.2, 0.25) is 0 Å². The summed E-state index contributed by atoms with van der Waals surface area (Å²) in [6.07, 6.45) is 17.6. The Morgan fingerprint density at radius 3 is 2.69 bits per heavy atom. The van der Waals surface area contributed by atoms with Gasteiger partial charge in [-0.2, -0.15) is 0 Å². The van der Waals surface area contributed by atoms with Crippen LogP contribution in [0.15, 0.2) is 60.3 Å². The zero-order chi connectivity index (χ0) is 25.5. The van der Waals surface area contributed by atoms with Gasteiger partial charge in [0.05, 0.1) is 31.0 Å².